The van der Waals surface area contributed by atoms with Gasteiger partial charge in [0.1, 0.15) is 11.6 Å². The average Bonchev–Trinajstić information content (AvgIpc) is 2.37. The van der Waals surface area contributed by atoms with Crippen molar-refractivity contribution in [2.75, 3.05) is 0 Å². The summed E-state index contributed by atoms with van der Waals surface area (Å²) in [5.41, 5.74) is 0.499. The van der Waals surface area contributed by atoms with Crippen LogP contribution in [-0.2, 0) is 11.2 Å². The molecule has 1 rings (SSSR count). The number of rotatable bonds is 9. The number of carbonyl (C=O) groups is 1. The van der Waals surface area contributed by atoms with Gasteiger partial charge < -0.3 is 0 Å². The molecule has 0 atom stereocenters. The van der Waals surface area contributed by atoms with E-state index in [1.165, 1.54) is 31.7 Å². The Bertz CT molecular complexity index is 404. The third-order valence-corrected chi connectivity index (χ3v) is 3.71. The van der Waals surface area contributed by atoms with Crippen molar-refractivity contribution in [2.24, 2.45) is 0 Å². The van der Waals surface area contributed by atoms with Crippen molar-refractivity contribution in [1.82, 2.24) is 0 Å². The molecule has 0 saturated carbocycles. The molecule has 3 heteroatoms. The van der Waals surface area contributed by atoms with Gasteiger partial charge in [-0.25, -0.2) is 4.39 Å². The van der Waals surface area contributed by atoms with Crippen LogP contribution in [0.1, 0.15) is 57.4 Å². The van der Waals surface area contributed by atoms with Gasteiger partial charge in [-0.2, -0.15) is 0 Å². The van der Waals surface area contributed by atoms with Gasteiger partial charge in [-0.15, -0.1) is 0 Å². The number of hydrogen-bond donors (Lipinski definition) is 0. The quantitative estimate of drug-likeness (QED) is 0.551. The Morgan fingerprint density at radius 2 is 1.84 bits per heavy atom. The van der Waals surface area contributed by atoms with E-state index in [9.17, 15) is 9.18 Å². The fraction of sp³-hybridized carbons (Fsp3) is 0.562. The predicted octanol–water partition coefficient (Wildman–Crippen LogP) is 5.45. The van der Waals surface area contributed by atoms with E-state index in [0.29, 0.717) is 16.5 Å². The molecule has 0 bridgehead atoms. The Morgan fingerprint density at radius 1 is 1.16 bits per heavy atom. The lowest BCUT2D eigenvalue weighted by Gasteiger charge is -2.04. The van der Waals surface area contributed by atoms with Crippen LogP contribution in [0.3, 0.4) is 0 Å². The van der Waals surface area contributed by atoms with Crippen molar-refractivity contribution in [3.05, 3.63) is 34.1 Å². The molecule has 106 valence electrons. The van der Waals surface area contributed by atoms with Crippen LogP contribution in [0.15, 0.2) is 22.7 Å². The first kappa shape index (κ1) is 16.4. The largest absolute Gasteiger partial charge is 0.299 e. The number of halogens is 2. The minimum absolute atomic E-state index is 0.136. The zero-order valence-corrected chi connectivity index (χ0v) is 13.1. The molecule has 0 N–H and O–H groups in total. The molecule has 0 radical (unpaired) electrons. The second-order valence-electron chi connectivity index (χ2n) is 4.97. The molecule has 0 aliphatic rings. The molecule has 1 aromatic rings. The molecule has 0 saturated heterocycles. The standard InChI is InChI=1S/C16H22BrFO/c1-2-3-4-5-6-7-8-15(19)11-13-9-10-14(17)12-16(13)18/h9-10,12H,2-8,11H2,1H3. The van der Waals surface area contributed by atoms with E-state index in [1.807, 2.05) is 0 Å². The van der Waals surface area contributed by atoms with Gasteiger partial charge in [0.05, 0.1) is 0 Å². The molecule has 0 aliphatic heterocycles. The number of hydrogen-bond acceptors (Lipinski definition) is 1. The van der Waals surface area contributed by atoms with Gasteiger partial charge >= 0.3 is 0 Å². The van der Waals surface area contributed by atoms with Crippen molar-refractivity contribution >= 4 is 21.7 Å². The van der Waals surface area contributed by atoms with Gasteiger partial charge in [0, 0.05) is 17.3 Å². The lowest BCUT2D eigenvalue weighted by Crippen LogP contribution is -2.04. The van der Waals surface area contributed by atoms with Crippen molar-refractivity contribution in [3.63, 3.8) is 0 Å². The van der Waals surface area contributed by atoms with Gasteiger partial charge in [0.25, 0.3) is 0 Å². The van der Waals surface area contributed by atoms with Crippen LogP contribution in [0.4, 0.5) is 4.39 Å². The smallest absolute Gasteiger partial charge is 0.137 e. The highest BCUT2D eigenvalue weighted by molar-refractivity contribution is 9.10. The summed E-state index contributed by atoms with van der Waals surface area (Å²) >= 11 is 3.21. The topological polar surface area (TPSA) is 17.1 Å². The highest BCUT2D eigenvalue weighted by Gasteiger charge is 2.08. The van der Waals surface area contributed by atoms with E-state index in [1.54, 1.807) is 12.1 Å². The van der Waals surface area contributed by atoms with Crippen molar-refractivity contribution in [3.8, 4) is 0 Å². The van der Waals surface area contributed by atoms with Gasteiger partial charge in [0.15, 0.2) is 0 Å². The summed E-state index contributed by atoms with van der Waals surface area (Å²) in [6.45, 7) is 2.19. The summed E-state index contributed by atoms with van der Waals surface area (Å²) in [7, 11) is 0. The third-order valence-electron chi connectivity index (χ3n) is 3.21. The molecular formula is C16H22BrFO. The van der Waals surface area contributed by atoms with E-state index in [4.69, 9.17) is 0 Å². The van der Waals surface area contributed by atoms with Crippen LogP contribution in [0.2, 0.25) is 0 Å². The summed E-state index contributed by atoms with van der Waals surface area (Å²) < 4.78 is 14.3. The summed E-state index contributed by atoms with van der Waals surface area (Å²) in [6, 6.07) is 4.86. The Balaban J connectivity index is 2.23. The van der Waals surface area contributed by atoms with E-state index in [2.05, 4.69) is 22.9 Å². The van der Waals surface area contributed by atoms with Crippen LogP contribution in [0.25, 0.3) is 0 Å². The lowest BCUT2D eigenvalue weighted by atomic mass is 10.0. The second-order valence-corrected chi connectivity index (χ2v) is 5.88. The van der Waals surface area contributed by atoms with Gasteiger partial charge in [-0.3, -0.25) is 4.79 Å². The first-order chi connectivity index (χ1) is 9.13. The molecule has 0 aromatic heterocycles. The zero-order chi connectivity index (χ0) is 14.1. The summed E-state index contributed by atoms with van der Waals surface area (Å²) in [5, 5.41) is 0. The lowest BCUT2D eigenvalue weighted by molar-refractivity contribution is -0.118. The molecule has 19 heavy (non-hydrogen) atoms. The van der Waals surface area contributed by atoms with E-state index < -0.39 is 0 Å². The molecule has 0 unspecified atom stereocenters. The first-order valence-electron chi connectivity index (χ1n) is 7.09. The molecule has 0 heterocycles. The monoisotopic (exact) mass is 328 g/mol. The maximum atomic E-state index is 13.6. The number of carbonyl (C=O) groups excluding carboxylic acids is 1. The molecule has 1 nitrogen and oxygen atoms in total. The molecule has 0 spiro atoms. The van der Waals surface area contributed by atoms with Gasteiger partial charge in [-0.1, -0.05) is 61.0 Å². The van der Waals surface area contributed by atoms with Gasteiger partial charge in [-0.05, 0) is 24.1 Å². The highest BCUT2D eigenvalue weighted by atomic mass is 79.9. The molecular weight excluding hydrogens is 307 g/mol. The molecule has 0 amide bonds. The molecule has 0 fully saturated rings. The van der Waals surface area contributed by atoms with E-state index in [0.717, 1.165) is 12.8 Å². The van der Waals surface area contributed by atoms with Crippen LogP contribution in [0, 0.1) is 5.82 Å². The zero-order valence-electron chi connectivity index (χ0n) is 11.6. The summed E-state index contributed by atoms with van der Waals surface area (Å²) in [5.74, 6) is -0.164. The minimum atomic E-state index is -0.300. The van der Waals surface area contributed by atoms with Crippen LogP contribution < -0.4 is 0 Å². The number of ketones is 1. The third kappa shape index (κ3) is 6.86. The second kappa shape index (κ2) is 9.24. The van der Waals surface area contributed by atoms with Crippen LogP contribution in [-0.4, -0.2) is 5.78 Å². The maximum Gasteiger partial charge on any atom is 0.137 e. The maximum absolute atomic E-state index is 13.6. The summed E-state index contributed by atoms with van der Waals surface area (Å²) in [4.78, 5) is 11.8. The normalized spacial score (nSPS) is 10.7. The first-order valence-corrected chi connectivity index (χ1v) is 7.88. The Hall–Kier alpha value is -0.700. The predicted molar refractivity (Wildman–Crippen MR) is 80.8 cm³/mol. The van der Waals surface area contributed by atoms with Crippen LogP contribution in [0.5, 0.6) is 0 Å². The average molecular weight is 329 g/mol. The molecule has 1 aromatic carbocycles. The summed E-state index contributed by atoms with van der Waals surface area (Å²) in [6.07, 6.45) is 7.80. The Morgan fingerprint density at radius 3 is 2.53 bits per heavy atom. The van der Waals surface area contributed by atoms with Gasteiger partial charge in [0.2, 0.25) is 0 Å². The van der Waals surface area contributed by atoms with E-state index in [-0.39, 0.29) is 18.0 Å². The van der Waals surface area contributed by atoms with Crippen molar-refractivity contribution in [2.45, 2.75) is 58.3 Å². The minimum Gasteiger partial charge on any atom is -0.299 e. The number of Topliss-reactive ketones (excluding diaryl/α,β-unsaturated/α-hetero) is 1. The van der Waals surface area contributed by atoms with E-state index >= 15 is 0 Å². The fourth-order valence-electron chi connectivity index (χ4n) is 2.07. The van der Waals surface area contributed by atoms with Crippen molar-refractivity contribution in [1.29, 1.82) is 0 Å². The number of unbranched alkanes of at least 4 members (excludes halogenated alkanes) is 5. The Kier molecular flexibility index (Phi) is 7.96. The Labute approximate surface area is 123 Å². The SMILES string of the molecule is CCCCCCCCC(=O)Cc1ccc(Br)cc1F. The van der Waals surface area contributed by atoms with Crippen molar-refractivity contribution < 1.29 is 9.18 Å². The fourth-order valence-corrected chi connectivity index (χ4v) is 2.40. The number of benzene rings is 1. The van der Waals surface area contributed by atoms with Crippen LogP contribution >= 0.6 is 15.9 Å². The highest BCUT2D eigenvalue weighted by Crippen LogP contribution is 2.17. The molecule has 0 aliphatic carbocycles.